The molecule has 2 heterocycles. The van der Waals surface area contributed by atoms with E-state index in [4.69, 9.17) is 20.7 Å². The number of carbonyl (C=O) groups is 5. The molecule has 0 bridgehead atoms. The monoisotopic (exact) mass is 664 g/mol. The lowest BCUT2D eigenvalue weighted by Crippen LogP contribution is -2.48. The fraction of sp³-hybridized carbons (Fsp3) is 0.618. The quantitative estimate of drug-likeness (QED) is 0.192. The maximum atomic E-state index is 13.1. The Bertz CT molecular complexity index is 1230. The minimum atomic E-state index is -1.00. The van der Waals surface area contributed by atoms with Crippen LogP contribution in [0, 0.1) is 17.7 Å². The molecule has 1 aromatic carbocycles. The van der Waals surface area contributed by atoms with Crippen LogP contribution in [0.3, 0.4) is 0 Å². The summed E-state index contributed by atoms with van der Waals surface area (Å²) in [5.41, 5.74) is 5.88. The molecule has 3 atom stereocenters. The number of nitrogens with zero attached hydrogens (tertiary/aromatic N) is 2. The molecule has 1 aliphatic carbocycles. The van der Waals surface area contributed by atoms with Crippen LogP contribution in [0.25, 0.3) is 0 Å². The number of alkyl carbamates (subject to hydrolysis) is 1. The molecule has 3 unspecified atom stereocenters. The minimum absolute atomic E-state index is 0.0811. The number of likely N-dealkylation sites (tertiary alicyclic amines) is 1. The van der Waals surface area contributed by atoms with E-state index in [1.807, 2.05) is 13.8 Å². The normalized spacial score (nSPS) is 19.2. The third-order valence-electron chi connectivity index (χ3n) is 7.40. The zero-order chi connectivity index (χ0) is 35.7. The second-order valence-corrected chi connectivity index (χ2v) is 12.3. The van der Waals surface area contributed by atoms with Crippen molar-refractivity contribution in [1.82, 2.24) is 15.1 Å². The van der Waals surface area contributed by atoms with Gasteiger partial charge in [0, 0.05) is 18.7 Å². The van der Waals surface area contributed by atoms with Crippen molar-refractivity contribution in [3.8, 4) is 0 Å². The molecular formula is C34H53FN4O8. The molecule has 13 heteroatoms. The van der Waals surface area contributed by atoms with E-state index in [9.17, 15) is 28.4 Å². The molecule has 1 saturated carbocycles. The average molecular weight is 665 g/mol. The van der Waals surface area contributed by atoms with Crippen LogP contribution in [0.5, 0.6) is 0 Å². The number of amides is 4. The van der Waals surface area contributed by atoms with Gasteiger partial charge in [-0.2, -0.15) is 0 Å². The van der Waals surface area contributed by atoms with Gasteiger partial charge in [-0.1, -0.05) is 57.9 Å². The second-order valence-electron chi connectivity index (χ2n) is 12.3. The highest BCUT2D eigenvalue weighted by Crippen LogP contribution is 2.39. The number of allylic oxidation sites excluding steroid dienone is 2. The van der Waals surface area contributed by atoms with Gasteiger partial charge in [0.2, 0.25) is 11.8 Å². The SMILES string of the molecule is CC.CC(C)(C)OC(=O)NCC(=O)N1CCCC1C(N)=O.CCCCC/C=C\C1CC1C(=O)O.O=C(O)N1Cc2cccc(F)c2C1. The van der Waals surface area contributed by atoms with Crippen molar-refractivity contribution in [2.24, 2.45) is 17.6 Å². The van der Waals surface area contributed by atoms with Crippen LogP contribution in [0.4, 0.5) is 14.0 Å². The largest absolute Gasteiger partial charge is 0.481 e. The zero-order valence-electron chi connectivity index (χ0n) is 28.6. The molecule has 47 heavy (non-hydrogen) atoms. The van der Waals surface area contributed by atoms with Crippen molar-refractivity contribution in [2.45, 2.75) is 111 Å². The van der Waals surface area contributed by atoms with Crippen LogP contribution in [0.1, 0.15) is 97.6 Å². The number of hydrogen-bond donors (Lipinski definition) is 4. The number of hydrogen-bond acceptors (Lipinski definition) is 6. The number of nitrogens with two attached hydrogens (primary N) is 1. The Morgan fingerprint density at radius 1 is 1.11 bits per heavy atom. The summed E-state index contributed by atoms with van der Waals surface area (Å²) in [5, 5.41) is 19.7. The van der Waals surface area contributed by atoms with Gasteiger partial charge in [0.25, 0.3) is 0 Å². The van der Waals surface area contributed by atoms with Crippen LogP contribution >= 0.6 is 0 Å². The maximum absolute atomic E-state index is 13.1. The predicted molar refractivity (Wildman–Crippen MR) is 176 cm³/mol. The van der Waals surface area contributed by atoms with Crippen molar-refractivity contribution in [3.63, 3.8) is 0 Å². The lowest BCUT2D eigenvalue weighted by atomic mass is 10.1. The van der Waals surface area contributed by atoms with E-state index in [1.165, 1.54) is 35.1 Å². The van der Waals surface area contributed by atoms with Crippen LogP contribution in [0.15, 0.2) is 30.4 Å². The zero-order valence-corrected chi connectivity index (χ0v) is 28.6. The molecule has 1 aromatic rings. The lowest BCUT2D eigenvalue weighted by Gasteiger charge is -2.23. The Kier molecular flexibility index (Phi) is 17.5. The smallest absolute Gasteiger partial charge is 0.408 e. The Morgan fingerprint density at radius 2 is 1.79 bits per heavy atom. The summed E-state index contributed by atoms with van der Waals surface area (Å²) in [7, 11) is 0. The van der Waals surface area contributed by atoms with E-state index in [0.29, 0.717) is 31.0 Å². The van der Waals surface area contributed by atoms with Crippen LogP contribution < -0.4 is 11.1 Å². The standard InChI is InChI=1S/C12H21N3O4.C11H18O2.C9H8FNO2.C2H6/c1-12(2,3)19-11(18)14-7-9(16)15-6-4-5-8(15)10(13)17;1-2-3-4-5-6-7-9-8-10(9)11(12)13;10-8-3-1-2-6-4-11(9(12)13)5-7(6)8;1-2/h8H,4-7H2,1-3H3,(H2,13,17)(H,14,18);6-7,9-10H,2-5,8H2,1H3,(H,12,13);1-3H,4-5H2,(H,12,13);1-2H3/b;7-6-;;. The lowest BCUT2D eigenvalue weighted by molar-refractivity contribution is -0.138. The molecular weight excluding hydrogens is 611 g/mol. The molecule has 2 fully saturated rings. The highest BCUT2D eigenvalue weighted by molar-refractivity contribution is 5.89. The summed E-state index contributed by atoms with van der Waals surface area (Å²) in [4.78, 5) is 58.1. The number of carboxylic acids is 1. The predicted octanol–water partition coefficient (Wildman–Crippen LogP) is 5.68. The van der Waals surface area contributed by atoms with Crippen molar-refractivity contribution < 1.29 is 43.3 Å². The number of aliphatic carboxylic acids is 1. The van der Waals surface area contributed by atoms with Crippen molar-refractivity contribution in [1.29, 1.82) is 0 Å². The summed E-state index contributed by atoms with van der Waals surface area (Å²) in [6, 6.07) is 4.14. The van der Waals surface area contributed by atoms with Gasteiger partial charge in [-0.3, -0.25) is 19.3 Å². The number of benzene rings is 1. The summed E-state index contributed by atoms with van der Waals surface area (Å²) in [5.74, 6) is -1.54. The van der Waals surface area contributed by atoms with Crippen LogP contribution in [-0.4, -0.2) is 74.7 Å². The van der Waals surface area contributed by atoms with E-state index in [2.05, 4.69) is 24.4 Å². The van der Waals surface area contributed by atoms with E-state index in [-0.39, 0.29) is 30.7 Å². The Labute approximate surface area is 277 Å². The molecule has 0 radical (unpaired) electrons. The van der Waals surface area contributed by atoms with Crippen molar-refractivity contribution in [2.75, 3.05) is 13.1 Å². The number of fused-ring (bicyclic) bond motifs is 1. The number of nitrogens with one attached hydrogen (secondary N) is 1. The number of unbranched alkanes of at least 4 members (excludes halogenated alkanes) is 3. The fourth-order valence-corrected chi connectivity index (χ4v) is 4.94. The van der Waals surface area contributed by atoms with Gasteiger partial charge in [-0.15, -0.1) is 0 Å². The Morgan fingerprint density at radius 3 is 2.32 bits per heavy atom. The highest BCUT2D eigenvalue weighted by Gasteiger charge is 2.41. The van der Waals surface area contributed by atoms with E-state index >= 15 is 0 Å². The number of ether oxygens (including phenoxy) is 1. The Balaban J connectivity index is 0.000000351. The fourth-order valence-electron chi connectivity index (χ4n) is 4.94. The molecule has 1 saturated heterocycles. The summed E-state index contributed by atoms with van der Waals surface area (Å²) in [6.07, 6.45) is 9.59. The van der Waals surface area contributed by atoms with Gasteiger partial charge in [0.1, 0.15) is 24.0 Å². The van der Waals surface area contributed by atoms with Crippen LogP contribution in [-0.2, 0) is 32.2 Å². The van der Waals surface area contributed by atoms with Gasteiger partial charge >= 0.3 is 18.2 Å². The van der Waals surface area contributed by atoms with Crippen molar-refractivity contribution in [3.05, 3.63) is 47.3 Å². The number of primary amides is 1. The molecule has 0 aromatic heterocycles. The molecule has 4 rings (SSSR count). The highest BCUT2D eigenvalue weighted by atomic mass is 19.1. The molecule has 5 N–H and O–H groups in total. The Hall–Kier alpha value is -4.16. The van der Waals surface area contributed by atoms with Crippen LogP contribution in [0.2, 0.25) is 0 Å². The summed E-state index contributed by atoms with van der Waals surface area (Å²) in [6.45, 7) is 12.1. The van der Waals surface area contributed by atoms with Gasteiger partial charge in [0.05, 0.1) is 12.5 Å². The van der Waals surface area contributed by atoms with Gasteiger partial charge in [-0.05, 0) is 70.4 Å². The first-order valence-corrected chi connectivity index (χ1v) is 16.3. The summed E-state index contributed by atoms with van der Waals surface area (Å²) < 4.78 is 18.1. The minimum Gasteiger partial charge on any atom is -0.481 e. The molecule has 2 aliphatic heterocycles. The third kappa shape index (κ3) is 14.9. The van der Waals surface area contributed by atoms with E-state index in [1.54, 1.807) is 32.9 Å². The topological polar surface area (TPSA) is 180 Å². The maximum Gasteiger partial charge on any atom is 0.408 e. The number of halogens is 1. The first kappa shape index (κ1) is 40.9. The van der Waals surface area contributed by atoms with Gasteiger partial charge in [-0.25, -0.2) is 14.0 Å². The number of rotatable bonds is 9. The molecule has 264 valence electrons. The van der Waals surface area contributed by atoms with Crippen molar-refractivity contribution >= 4 is 30.0 Å². The first-order chi connectivity index (χ1) is 22.1. The molecule has 4 amide bonds. The molecule has 0 spiro atoms. The summed E-state index contributed by atoms with van der Waals surface area (Å²) >= 11 is 0. The molecule has 3 aliphatic rings. The van der Waals surface area contributed by atoms with Gasteiger partial charge in [0.15, 0.2) is 0 Å². The van der Waals surface area contributed by atoms with E-state index in [0.717, 1.165) is 24.8 Å². The third-order valence-corrected chi connectivity index (χ3v) is 7.40. The second kappa shape index (κ2) is 20.2. The van der Waals surface area contributed by atoms with Gasteiger partial charge < -0.3 is 30.9 Å². The first-order valence-electron chi connectivity index (χ1n) is 16.3. The van der Waals surface area contributed by atoms with E-state index < -0.39 is 35.7 Å². The molecule has 12 nitrogen and oxygen atoms in total. The number of carboxylic acid groups (broad SMARTS) is 2. The number of carbonyl (C=O) groups excluding carboxylic acids is 3. The average Bonchev–Trinajstić information content (AvgIpc) is 3.38.